The Labute approximate surface area is 311 Å². The van der Waals surface area contributed by atoms with E-state index in [9.17, 15) is 0 Å². The lowest BCUT2D eigenvalue weighted by Gasteiger charge is -2.33. The minimum absolute atomic E-state index is 0.637. The van der Waals surface area contributed by atoms with Crippen LogP contribution >= 0.6 is 0 Å². The first-order chi connectivity index (χ1) is 24.3. The van der Waals surface area contributed by atoms with Gasteiger partial charge in [0.25, 0.3) is 0 Å². The highest BCUT2D eigenvalue weighted by molar-refractivity contribution is 4.97. The maximum atomic E-state index is 2.73. The van der Waals surface area contributed by atoms with Gasteiger partial charge in [-0.2, -0.15) is 0 Å². The zero-order valence-electron chi connectivity index (χ0n) is 34.6. The number of hydrogen-bond donors (Lipinski definition) is 0. The maximum Gasteiger partial charge on any atom is 0.101 e. The van der Waals surface area contributed by atoms with E-state index in [0.29, 0.717) is 6.17 Å². The minimum Gasteiger partial charge on any atom is -0.356 e. The smallest absolute Gasteiger partial charge is 0.101 e. The largest absolute Gasteiger partial charge is 0.356 e. The van der Waals surface area contributed by atoms with Gasteiger partial charge in [-0.15, -0.1) is 0 Å². The first-order valence-electron chi connectivity index (χ1n) is 23.5. The summed E-state index contributed by atoms with van der Waals surface area (Å²) in [4.78, 5) is 5.45. The number of nitrogens with zero attached hydrogens (tertiary/aromatic N) is 2. The lowest BCUT2D eigenvalue weighted by atomic mass is 10.0. The predicted molar refractivity (Wildman–Crippen MR) is 223 cm³/mol. The summed E-state index contributed by atoms with van der Waals surface area (Å²) in [5.74, 6) is 0. The van der Waals surface area contributed by atoms with Crippen LogP contribution in [0.1, 0.15) is 271 Å². The Morgan fingerprint density at radius 1 is 0.265 bits per heavy atom. The van der Waals surface area contributed by atoms with E-state index >= 15 is 0 Å². The van der Waals surface area contributed by atoms with E-state index in [0.717, 1.165) is 0 Å². The van der Waals surface area contributed by atoms with Gasteiger partial charge in [-0.1, -0.05) is 245 Å². The van der Waals surface area contributed by atoms with Crippen LogP contribution in [0.5, 0.6) is 0 Å². The zero-order chi connectivity index (χ0) is 35.1. The Balaban J connectivity index is 2.14. The number of hydrogen-bond acceptors (Lipinski definition) is 2. The molecule has 0 fully saturated rings. The molecule has 49 heavy (non-hydrogen) atoms. The summed E-state index contributed by atoms with van der Waals surface area (Å²) < 4.78 is 0. The topological polar surface area (TPSA) is 6.48 Å². The first-order valence-corrected chi connectivity index (χ1v) is 23.5. The molecule has 2 nitrogen and oxygen atoms in total. The van der Waals surface area contributed by atoms with Gasteiger partial charge >= 0.3 is 0 Å². The molecule has 0 amide bonds. The van der Waals surface area contributed by atoms with Crippen molar-refractivity contribution >= 4 is 0 Å². The minimum atomic E-state index is 0.637. The Hall–Kier alpha value is -0.660. The molecule has 0 N–H and O–H groups in total. The second kappa shape index (κ2) is 38.6. The fourth-order valence-corrected chi connectivity index (χ4v) is 8.13. The van der Waals surface area contributed by atoms with Crippen molar-refractivity contribution in [3.63, 3.8) is 0 Å². The van der Waals surface area contributed by atoms with Crippen molar-refractivity contribution in [3.05, 3.63) is 12.4 Å². The second-order valence-electron chi connectivity index (χ2n) is 16.4. The lowest BCUT2D eigenvalue weighted by molar-refractivity contribution is 0.135. The fraction of sp³-hybridized carbons (Fsp3) is 0.957. The molecule has 292 valence electrons. The van der Waals surface area contributed by atoms with Crippen LogP contribution in [-0.2, 0) is 0 Å². The molecule has 1 atom stereocenters. The molecule has 1 rings (SSSR count). The summed E-state index contributed by atoms with van der Waals surface area (Å²) in [5.41, 5.74) is 0. The first kappa shape index (κ1) is 46.4. The monoisotopic (exact) mass is 687 g/mol. The maximum absolute atomic E-state index is 2.73. The van der Waals surface area contributed by atoms with Crippen LogP contribution in [0.15, 0.2) is 12.4 Å². The molecule has 0 radical (unpaired) electrons. The predicted octanol–water partition coefficient (Wildman–Crippen LogP) is 16.7. The normalized spacial score (nSPS) is 14.6. The van der Waals surface area contributed by atoms with Gasteiger partial charge in [-0.05, 0) is 25.7 Å². The van der Waals surface area contributed by atoms with Gasteiger partial charge in [0.1, 0.15) is 6.17 Å². The van der Waals surface area contributed by atoms with Gasteiger partial charge in [0, 0.05) is 25.5 Å². The van der Waals surface area contributed by atoms with Crippen LogP contribution in [0, 0.1) is 0 Å². The van der Waals surface area contributed by atoms with E-state index in [-0.39, 0.29) is 0 Å². The fourth-order valence-electron chi connectivity index (χ4n) is 8.13. The Bertz CT molecular complexity index is 644. The van der Waals surface area contributed by atoms with Crippen molar-refractivity contribution in [3.8, 4) is 0 Å². The van der Waals surface area contributed by atoms with Crippen LogP contribution in [0.3, 0.4) is 0 Å². The summed E-state index contributed by atoms with van der Waals surface area (Å²) >= 11 is 0. The molecule has 0 saturated carbocycles. The molecule has 0 saturated heterocycles. The van der Waals surface area contributed by atoms with Crippen molar-refractivity contribution in [1.82, 2.24) is 9.80 Å². The zero-order valence-corrected chi connectivity index (χ0v) is 34.6. The van der Waals surface area contributed by atoms with E-state index in [2.05, 4.69) is 43.0 Å². The molecule has 0 aliphatic carbocycles. The molecule has 0 spiro atoms. The van der Waals surface area contributed by atoms with Gasteiger partial charge in [0.15, 0.2) is 0 Å². The van der Waals surface area contributed by atoms with Crippen molar-refractivity contribution < 1.29 is 0 Å². The third-order valence-corrected chi connectivity index (χ3v) is 11.6. The van der Waals surface area contributed by atoms with Gasteiger partial charge in [0.05, 0.1) is 0 Å². The highest BCUT2D eigenvalue weighted by Gasteiger charge is 2.24. The van der Waals surface area contributed by atoms with E-state index in [1.165, 1.54) is 264 Å². The highest BCUT2D eigenvalue weighted by Crippen LogP contribution is 2.24. The third-order valence-electron chi connectivity index (χ3n) is 11.6. The summed E-state index contributed by atoms with van der Waals surface area (Å²) in [5, 5.41) is 0. The Morgan fingerprint density at radius 3 is 0.714 bits per heavy atom. The molecule has 1 heterocycles. The molecular formula is C47H94N2. The summed E-state index contributed by atoms with van der Waals surface area (Å²) in [6.07, 6.45) is 61.9. The molecule has 0 bridgehead atoms. The van der Waals surface area contributed by atoms with Gasteiger partial charge < -0.3 is 9.80 Å². The molecule has 1 aliphatic heterocycles. The summed E-state index contributed by atoms with van der Waals surface area (Å²) in [6, 6.07) is 0. The molecule has 2 heteroatoms. The summed E-state index contributed by atoms with van der Waals surface area (Å²) in [6.45, 7) is 9.49. The van der Waals surface area contributed by atoms with Crippen molar-refractivity contribution in [1.29, 1.82) is 0 Å². The van der Waals surface area contributed by atoms with Crippen molar-refractivity contribution in [2.45, 2.75) is 277 Å². The van der Waals surface area contributed by atoms with E-state index < -0.39 is 0 Å². The van der Waals surface area contributed by atoms with Gasteiger partial charge in [-0.3, -0.25) is 0 Å². The quantitative estimate of drug-likeness (QED) is 0.0591. The Kier molecular flexibility index (Phi) is 36.5. The van der Waals surface area contributed by atoms with E-state index in [1.807, 2.05) is 0 Å². The van der Waals surface area contributed by atoms with Gasteiger partial charge in [0.2, 0.25) is 0 Å². The molecule has 1 aliphatic rings. The van der Waals surface area contributed by atoms with Crippen molar-refractivity contribution in [2.24, 2.45) is 0 Å². The van der Waals surface area contributed by atoms with Crippen LogP contribution in [0.25, 0.3) is 0 Å². The molecule has 0 aromatic carbocycles. The van der Waals surface area contributed by atoms with Crippen LogP contribution in [-0.4, -0.2) is 29.1 Å². The second-order valence-corrected chi connectivity index (χ2v) is 16.4. The van der Waals surface area contributed by atoms with E-state index in [4.69, 9.17) is 0 Å². The highest BCUT2D eigenvalue weighted by atomic mass is 15.4. The van der Waals surface area contributed by atoms with Gasteiger partial charge in [-0.25, -0.2) is 0 Å². The van der Waals surface area contributed by atoms with Crippen LogP contribution < -0.4 is 0 Å². The average molecular weight is 687 g/mol. The average Bonchev–Trinajstić information content (AvgIpc) is 3.50. The van der Waals surface area contributed by atoms with Crippen molar-refractivity contribution in [2.75, 3.05) is 13.1 Å². The summed E-state index contributed by atoms with van der Waals surface area (Å²) in [7, 11) is 0. The molecular weight excluding hydrogens is 593 g/mol. The third kappa shape index (κ3) is 30.7. The van der Waals surface area contributed by atoms with Crippen LogP contribution in [0.4, 0.5) is 0 Å². The van der Waals surface area contributed by atoms with Crippen LogP contribution in [0.2, 0.25) is 0 Å². The van der Waals surface area contributed by atoms with E-state index in [1.54, 1.807) is 0 Å². The molecule has 0 aromatic rings. The molecule has 1 unspecified atom stereocenters. The molecule has 0 aromatic heterocycles. The standard InChI is InChI=1S/C47H94N2/c1-4-7-10-13-16-18-20-22-24-25-26-28-30-32-35-38-41-44-49-46-45-48(43-40-37-34-15-12-9-6-3)47(49)42-39-36-33-31-29-27-23-21-19-17-14-11-8-5-2/h45-47H,4-44H2,1-3H3. The number of rotatable bonds is 41. The Morgan fingerprint density at radius 2 is 0.469 bits per heavy atom. The SMILES string of the molecule is CCCCCCCCCCCCCCCCCCCN1C=CN(CCCCCCCCC)C1CCCCCCCCCCCCCCCC. The lowest BCUT2D eigenvalue weighted by Crippen LogP contribution is -2.39. The number of unbranched alkanes of at least 4 members (excludes halogenated alkanes) is 35.